The van der Waals surface area contributed by atoms with Crippen molar-refractivity contribution >= 4 is 46.8 Å². The van der Waals surface area contributed by atoms with Gasteiger partial charge in [-0.15, -0.1) is 0 Å². The van der Waals surface area contributed by atoms with Gasteiger partial charge in [-0.3, -0.25) is 24.5 Å². The van der Waals surface area contributed by atoms with Crippen LogP contribution >= 0.6 is 11.6 Å². The molecule has 4 rings (SSSR count). The third kappa shape index (κ3) is 8.39. The molecule has 0 aliphatic carbocycles. The van der Waals surface area contributed by atoms with Crippen LogP contribution in [-0.2, 0) is 27.3 Å². The molecule has 3 aromatic rings. The van der Waals surface area contributed by atoms with E-state index in [1.54, 1.807) is 30.4 Å². The first-order valence-electron chi connectivity index (χ1n) is 14.2. The normalized spacial score (nSPS) is 15.0. The molecule has 0 bridgehead atoms. The number of hydrogen-bond donors (Lipinski definition) is 1. The number of halogens is 3. The van der Waals surface area contributed by atoms with Crippen molar-refractivity contribution in [1.82, 2.24) is 24.9 Å². The molecular weight excluding hydrogens is 578 g/mol. The van der Waals surface area contributed by atoms with Crippen molar-refractivity contribution < 1.29 is 23.2 Å². The molecular formula is C31H37ClF2N6O3. The van der Waals surface area contributed by atoms with Crippen LogP contribution in [0.2, 0.25) is 5.02 Å². The van der Waals surface area contributed by atoms with Crippen molar-refractivity contribution in [2.75, 3.05) is 38.6 Å². The fourth-order valence-corrected chi connectivity index (χ4v) is 5.80. The molecule has 0 spiro atoms. The first-order chi connectivity index (χ1) is 20.7. The van der Waals surface area contributed by atoms with E-state index in [9.17, 15) is 23.2 Å². The number of carbonyl (C=O) groups is 3. The van der Waals surface area contributed by atoms with Gasteiger partial charge in [0.25, 0.3) is 6.43 Å². The van der Waals surface area contributed by atoms with Crippen molar-refractivity contribution in [3.05, 3.63) is 71.1 Å². The number of likely N-dealkylation sites (tertiary alicyclic amines) is 1. The lowest BCUT2D eigenvalue weighted by Gasteiger charge is -2.36. The number of aldehydes is 1. The number of aromatic nitrogens is 2. The first-order valence-corrected chi connectivity index (χ1v) is 14.6. The second kappa shape index (κ2) is 15.1. The van der Waals surface area contributed by atoms with Crippen molar-refractivity contribution in [2.45, 2.75) is 44.7 Å². The third-order valence-corrected chi connectivity index (χ3v) is 8.20. The zero-order chi connectivity index (χ0) is 30.9. The van der Waals surface area contributed by atoms with Crippen LogP contribution in [0.15, 0.2) is 55.0 Å². The number of fused-ring (bicyclic) bond motifs is 1. The van der Waals surface area contributed by atoms with Crippen LogP contribution in [0.4, 0.5) is 14.5 Å². The van der Waals surface area contributed by atoms with E-state index in [-0.39, 0.29) is 31.3 Å². The highest BCUT2D eigenvalue weighted by atomic mass is 35.5. The monoisotopic (exact) mass is 614 g/mol. The maximum Gasteiger partial charge on any atom is 0.251 e. The summed E-state index contributed by atoms with van der Waals surface area (Å²) in [6.07, 6.45) is 6.05. The average molecular weight is 615 g/mol. The van der Waals surface area contributed by atoms with E-state index >= 15 is 0 Å². The molecule has 12 heteroatoms. The molecule has 230 valence electrons. The molecule has 0 radical (unpaired) electrons. The molecule has 2 aromatic carbocycles. The molecule has 1 N–H and O–H groups in total. The highest BCUT2D eigenvalue weighted by molar-refractivity contribution is 6.35. The molecule has 0 unspecified atom stereocenters. The van der Waals surface area contributed by atoms with E-state index in [1.807, 2.05) is 43.6 Å². The van der Waals surface area contributed by atoms with Gasteiger partial charge in [-0.25, -0.2) is 8.78 Å². The molecule has 1 atom stereocenters. The SMILES string of the molecule is CN(Cc1c(C[C@H](C=O)CC(=O)N2CCC(N(C)/C=C\N(C=O)c3ccccc3)CC2)cc(Cl)c2[nH]ncc12)CC(F)F. The van der Waals surface area contributed by atoms with E-state index in [4.69, 9.17) is 11.6 Å². The van der Waals surface area contributed by atoms with E-state index in [2.05, 4.69) is 15.1 Å². The minimum atomic E-state index is -2.48. The Balaban J connectivity index is 1.36. The fourth-order valence-electron chi connectivity index (χ4n) is 5.53. The summed E-state index contributed by atoms with van der Waals surface area (Å²) in [6, 6.07) is 11.3. The van der Waals surface area contributed by atoms with Gasteiger partial charge in [-0.05, 0) is 55.6 Å². The number of aromatic amines is 1. The summed E-state index contributed by atoms with van der Waals surface area (Å²) < 4.78 is 26.0. The van der Waals surface area contributed by atoms with E-state index in [1.165, 1.54) is 9.80 Å². The Morgan fingerprint density at radius 3 is 2.53 bits per heavy atom. The van der Waals surface area contributed by atoms with Crippen LogP contribution in [0.1, 0.15) is 30.4 Å². The second-order valence-corrected chi connectivity index (χ2v) is 11.4. The zero-order valence-corrected chi connectivity index (χ0v) is 25.1. The highest BCUT2D eigenvalue weighted by Gasteiger charge is 2.27. The molecule has 1 saturated heterocycles. The van der Waals surface area contributed by atoms with Gasteiger partial charge in [0.05, 0.1) is 23.3 Å². The summed E-state index contributed by atoms with van der Waals surface area (Å²) in [6.45, 7) is 0.928. The predicted octanol–water partition coefficient (Wildman–Crippen LogP) is 4.72. The topological polar surface area (TPSA) is 92.9 Å². The van der Waals surface area contributed by atoms with E-state index in [0.717, 1.165) is 42.4 Å². The summed E-state index contributed by atoms with van der Waals surface area (Å²) in [5, 5.41) is 8.03. The van der Waals surface area contributed by atoms with Gasteiger partial charge in [0, 0.05) is 68.5 Å². The van der Waals surface area contributed by atoms with Gasteiger partial charge >= 0.3 is 0 Å². The zero-order valence-electron chi connectivity index (χ0n) is 24.3. The molecule has 1 aromatic heterocycles. The Kier molecular flexibility index (Phi) is 11.2. The minimum Gasteiger partial charge on any atom is -0.376 e. The number of nitrogens with zero attached hydrogens (tertiary/aromatic N) is 5. The number of amides is 2. The number of carbonyl (C=O) groups excluding carboxylic acids is 3. The number of nitrogens with one attached hydrogen (secondary N) is 1. The summed E-state index contributed by atoms with van der Waals surface area (Å²) in [5.41, 5.74) is 2.86. The standard InChI is InChI=1S/C31H37ClF2N6O3/c1-37(19-29(33)34)18-27-23(16-28(32)31-26(27)17-35-36-31)14-22(20-41)15-30(43)39-10-8-24(9-11-39)38(2)12-13-40(21-42)25-6-4-3-5-7-25/h3-7,12-13,16-17,20-22,24,29H,8-11,14-15,18-19H2,1-2H3,(H,35,36)/b13-12-/t22-/m0/s1. The minimum absolute atomic E-state index is 0.0443. The molecule has 43 heavy (non-hydrogen) atoms. The second-order valence-electron chi connectivity index (χ2n) is 11.0. The van der Waals surface area contributed by atoms with Gasteiger partial charge in [0.1, 0.15) is 6.29 Å². The Morgan fingerprint density at radius 1 is 1.16 bits per heavy atom. The molecule has 1 aliphatic heterocycles. The van der Waals surface area contributed by atoms with Gasteiger partial charge in [-0.2, -0.15) is 5.10 Å². The predicted molar refractivity (Wildman–Crippen MR) is 163 cm³/mol. The van der Waals surface area contributed by atoms with Crippen molar-refractivity contribution in [3.8, 4) is 0 Å². The molecule has 2 heterocycles. The van der Waals surface area contributed by atoms with E-state index in [0.29, 0.717) is 29.0 Å². The van der Waals surface area contributed by atoms with Crippen LogP contribution in [0.3, 0.4) is 0 Å². The lowest BCUT2D eigenvalue weighted by atomic mass is 9.91. The fraction of sp³-hybridized carbons (Fsp3) is 0.419. The number of anilines is 1. The lowest BCUT2D eigenvalue weighted by molar-refractivity contribution is -0.134. The van der Waals surface area contributed by atoms with E-state index < -0.39 is 18.9 Å². The Labute approximate surface area is 255 Å². The number of hydrogen-bond acceptors (Lipinski definition) is 6. The molecule has 2 amide bonds. The summed E-state index contributed by atoms with van der Waals surface area (Å²) in [7, 11) is 3.56. The first kappa shape index (κ1) is 32.1. The number of alkyl halides is 2. The third-order valence-electron chi connectivity index (χ3n) is 7.90. The number of benzene rings is 2. The van der Waals surface area contributed by atoms with Crippen LogP contribution in [-0.4, -0.2) is 89.7 Å². The van der Waals surface area contributed by atoms with Crippen LogP contribution < -0.4 is 4.90 Å². The molecule has 1 fully saturated rings. The quantitative estimate of drug-likeness (QED) is 0.264. The Bertz CT molecular complexity index is 1410. The van der Waals surface area contributed by atoms with Gasteiger partial charge < -0.3 is 14.6 Å². The largest absolute Gasteiger partial charge is 0.376 e. The van der Waals surface area contributed by atoms with Crippen molar-refractivity contribution in [2.24, 2.45) is 5.92 Å². The summed E-state index contributed by atoms with van der Waals surface area (Å²) in [5.74, 6) is -0.695. The number of piperidine rings is 1. The maximum absolute atomic E-state index is 13.2. The Morgan fingerprint density at radius 2 is 1.88 bits per heavy atom. The number of para-hydroxylation sites is 1. The Hall–Kier alpha value is -3.83. The molecule has 9 nitrogen and oxygen atoms in total. The van der Waals surface area contributed by atoms with Gasteiger partial charge in [-0.1, -0.05) is 29.8 Å². The number of rotatable bonds is 14. The van der Waals surface area contributed by atoms with Crippen LogP contribution in [0, 0.1) is 5.92 Å². The van der Waals surface area contributed by atoms with Crippen molar-refractivity contribution in [3.63, 3.8) is 0 Å². The van der Waals surface area contributed by atoms with Crippen molar-refractivity contribution in [1.29, 1.82) is 0 Å². The smallest absolute Gasteiger partial charge is 0.251 e. The van der Waals surface area contributed by atoms with Crippen LogP contribution in [0.5, 0.6) is 0 Å². The average Bonchev–Trinajstić information content (AvgIpc) is 3.50. The molecule has 0 saturated carbocycles. The maximum atomic E-state index is 13.2. The number of H-pyrrole nitrogens is 1. The summed E-state index contributed by atoms with van der Waals surface area (Å²) in [4.78, 5) is 43.8. The highest BCUT2D eigenvalue weighted by Crippen LogP contribution is 2.31. The lowest BCUT2D eigenvalue weighted by Crippen LogP contribution is -2.44. The van der Waals surface area contributed by atoms with Crippen LogP contribution in [0.25, 0.3) is 10.9 Å². The van der Waals surface area contributed by atoms with Gasteiger partial charge in [0.2, 0.25) is 12.3 Å². The van der Waals surface area contributed by atoms with Gasteiger partial charge in [0.15, 0.2) is 0 Å². The molecule has 1 aliphatic rings. The summed E-state index contributed by atoms with van der Waals surface area (Å²) >= 11 is 6.47.